The minimum atomic E-state index is -0.285. The third kappa shape index (κ3) is 4.92. The highest BCUT2D eigenvalue weighted by Crippen LogP contribution is 2.36. The molecule has 1 amide bonds. The summed E-state index contributed by atoms with van der Waals surface area (Å²) in [5, 5.41) is 9.75. The number of amides is 1. The van der Waals surface area contributed by atoms with Gasteiger partial charge in [-0.3, -0.25) is 24.0 Å². The summed E-state index contributed by atoms with van der Waals surface area (Å²) in [6.07, 6.45) is 1.82. The Morgan fingerprint density at radius 1 is 1.09 bits per heavy atom. The Kier molecular flexibility index (Phi) is 7.75. The molecule has 7 nitrogen and oxygen atoms in total. The van der Waals surface area contributed by atoms with Crippen LogP contribution in [0.25, 0.3) is 6.08 Å². The summed E-state index contributed by atoms with van der Waals surface area (Å²) >= 11 is 6.66. The highest BCUT2D eigenvalue weighted by molar-refractivity contribution is 8.26. The van der Waals surface area contributed by atoms with Crippen LogP contribution >= 0.6 is 24.0 Å². The fourth-order valence-corrected chi connectivity index (χ4v) is 6.01. The van der Waals surface area contributed by atoms with Crippen molar-refractivity contribution in [1.82, 2.24) is 14.4 Å². The fraction of sp³-hybridized carbons (Fsp3) is 0.385. The summed E-state index contributed by atoms with van der Waals surface area (Å²) in [5.74, 6) is 0.642. The summed E-state index contributed by atoms with van der Waals surface area (Å²) < 4.78 is 2.20. The van der Waals surface area contributed by atoms with Gasteiger partial charge in [-0.1, -0.05) is 54.3 Å². The zero-order chi connectivity index (χ0) is 25.1. The highest BCUT2D eigenvalue weighted by Gasteiger charge is 2.32. The van der Waals surface area contributed by atoms with Gasteiger partial charge in [-0.2, -0.15) is 5.26 Å². The summed E-state index contributed by atoms with van der Waals surface area (Å²) in [5.41, 5.74) is 2.46. The Morgan fingerprint density at radius 2 is 1.77 bits per heavy atom. The van der Waals surface area contributed by atoms with Crippen LogP contribution in [0.4, 0.5) is 5.82 Å². The van der Waals surface area contributed by atoms with Crippen LogP contribution in [0, 0.1) is 18.3 Å². The van der Waals surface area contributed by atoms with E-state index in [1.54, 1.807) is 16.4 Å². The summed E-state index contributed by atoms with van der Waals surface area (Å²) in [4.78, 5) is 32.9. The van der Waals surface area contributed by atoms with Crippen LogP contribution in [0.5, 0.6) is 0 Å². The van der Waals surface area contributed by atoms with E-state index in [1.807, 2.05) is 26.0 Å². The third-order valence-electron chi connectivity index (χ3n) is 6.55. The molecule has 0 aliphatic carbocycles. The largest absolute Gasteiger partial charge is 0.355 e. The zero-order valence-electron chi connectivity index (χ0n) is 20.3. The molecule has 0 spiro atoms. The number of hydrogen-bond acceptors (Lipinski definition) is 7. The highest BCUT2D eigenvalue weighted by atomic mass is 32.2. The molecule has 2 aliphatic rings. The number of benzene rings is 1. The average Bonchev–Trinajstić information content (AvgIpc) is 3.14. The molecule has 182 valence electrons. The molecule has 0 N–H and O–H groups in total. The second kappa shape index (κ2) is 10.8. The molecule has 2 aliphatic heterocycles. The van der Waals surface area contributed by atoms with Crippen molar-refractivity contribution in [2.75, 3.05) is 37.6 Å². The Hall–Kier alpha value is -2.93. The first-order valence-corrected chi connectivity index (χ1v) is 13.1. The maximum Gasteiger partial charge on any atom is 0.270 e. The van der Waals surface area contributed by atoms with Gasteiger partial charge in [0, 0.05) is 51.4 Å². The number of anilines is 1. The van der Waals surface area contributed by atoms with Gasteiger partial charge in [-0.05, 0) is 38.0 Å². The van der Waals surface area contributed by atoms with Crippen LogP contribution in [0.15, 0.2) is 40.0 Å². The number of carbonyl (C=O) groups is 1. The van der Waals surface area contributed by atoms with Gasteiger partial charge in [0.25, 0.3) is 11.5 Å². The predicted octanol–water partition coefficient (Wildman–Crippen LogP) is 3.59. The van der Waals surface area contributed by atoms with E-state index in [4.69, 9.17) is 12.2 Å². The monoisotopic (exact) mass is 507 g/mol. The van der Waals surface area contributed by atoms with E-state index in [0.29, 0.717) is 27.9 Å². The first kappa shape index (κ1) is 25.2. The van der Waals surface area contributed by atoms with Crippen LogP contribution in [-0.2, 0) is 17.9 Å². The molecule has 3 heterocycles. The number of aromatic nitrogens is 1. The molecule has 2 saturated heterocycles. The molecule has 2 aromatic rings. The molecule has 9 heteroatoms. The van der Waals surface area contributed by atoms with Crippen molar-refractivity contribution in [3.8, 4) is 6.07 Å². The van der Waals surface area contributed by atoms with E-state index in [1.165, 1.54) is 17.3 Å². The number of rotatable bonds is 6. The number of likely N-dealkylation sites (N-methyl/N-ethyl adjacent to an activating group) is 1. The quantitative estimate of drug-likeness (QED) is 0.437. The maximum atomic E-state index is 13.2. The standard InChI is InChI=1S/C26H29N5O2S2/c1-4-30-23(29-13-11-28(12-14-29)17-19-9-7-6-8-10-19)20(18(3)21(16-27)24(30)32)15-22-25(33)31(5-2)26(34)35-22/h6-10,15H,4-5,11-14,17H2,1-3H3. The smallest absolute Gasteiger partial charge is 0.270 e. The van der Waals surface area contributed by atoms with Gasteiger partial charge in [0.2, 0.25) is 0 Å². The Labute approximate surface area is 215 Å². The lowest BCUT2D eigenvalue weighted by Gasteiger charge is -2.38. The number of thioether (sulfide) groups is 1. The van der Waals surface area contributed by atoms with Crippen molar-refractivity contribution < 1.29 is 4.79 Å². The second-order valence-corrected chi connectivity index (χ2v) is 10.2. The predicted molar refractivity (Wildman–Crippen MR) is 145 cm³/mol. The molecular formula is C26H29N5O2S2. The molecule has 35 heavy (non-hydrogen) atoms. The van der Waals surface area contributed by atoms with Crippen molar-refractivity contribution >= 4 is 46.1 Å². The van der Waals surface area contributed by atoms with Crippen LogP contribution in [0.3, 0.4) is 0 Å². The molecule has 0 bridgehead atoms. The summed E-state index contributed by atoms with van der Waals surface area (Å²) in [7, 11) is 0. The normalized spacial score (nSPS) is 17.9. The van der Waals surface area contributed by atoms with Crippen LogP contribution < -0.4 is 10.5 Å². The molecule has 1 aromatic carbocycles. The average molecular weight is 508 g/mol. The van der Waals surface area contributed by atoms with E-state index in [-0.39, 0.29) is 17.0 Å². The number of carbonyl (C=O) groups excluding carboxylic acids is 1. The van der Waals surface area contributed by atoms with Crippen LogP contribution in [0.1, 0.15) is 36.1 Å². The topological polar surface area (TPSA) is 72.6 Å². The van der Waals surface area contributed by atoms with E-state index in [9.17, 15) is 14.9 Å². The summed E-state index contributed by atoms with van der Waals surface area (Å²) in [6.45, 7) is 10.6. The lowest BCUT2D eigenvalue weighted by molar-refractivity contribution is -0.121. The fourth-order valence-electron chi connectivity index (χ4n) is 4.64. The van der Waals surface area contributed by atoms with Gasteiger partial charge in [-0.25, -0.2) is 0 Å². The maximum absolute atomic E-state index is 13.2. The van der Waals surface area contributed by atoms with Gasteiger partial charge in [-0.15, -0.1) is 0 Å². The summed E-state index contributed by atoms with van der Waals surface area (Å²) in [6, 6.07) is 12.5. The van der Waals surface area contributed by atoms with Gasteiger partial charge < -0.3 is 4.90 Å². The Bertz CT molecular complexity index is 1270. The Balaban J connectivity index is 1.72. The van der Waals surface area contributed by atoms with Crippen molar-refractivity contribution in [2.45, 2.75) is 33.9 Å². The molecule has 0 atom stereocenters. The lowest BCUT2D eigenvalue weighted by atomic mass is 10.0. The molecule has 4 rings (SSSR count). The van der Waals surface area contributed by atoms with E-state index < -0.39 is 0 Å². The van der Waals surface area contributed by atoms with Gasteiger partial charge >= 0.3 is 0 Å². The minimum Gasteiger partial charge on any atom is -0.355 e. The van der Waals surface area contributed by atoms with Crippen LogP contribution in [-0.4, -0.2) is 57.3 Å². The first-order valence-electron chi connectivity index (χ1n) is 11.8. The third-order valence-corrected chi connectivity index (χ3v) is 7.93. The number of piperazine rings is 1. The lowest BCUT2D eigenvalue weighted by Crippen LogP contribution is -2.48. The molecular weight excluding hydrogens is 478 g/mol. The minimum absolute atomic E-state index is 0.121. The van der Waals surface area contributed by atoms with Crippen molar-refractivity contribution in [3.63, 3.8) is 0 Å². The number of nitriles is 1. The van der Waals surface area contributed by atoms with Crippen molar-refractivity contribution in [2.24, 2.45) is 0 Å². The first-order chi connectivity index (χ1) is 16.9. The Morgan fingerprint density at radius 3 is 2.34 bits per heavy atom. The van der Waals surface area contributed by atoms with E-state index in [0.717, 1.165) is 44.1 Å². The van der Waals surface area contributed by atoms with Crippen LogP contribution in [0.2, 0.25) is 0 Å². The molecule has 2 fully saturated rings. The van der Waals surface area contributed by atoms with Gasteiger partial charge in [0.15, 0.2) is 0 Å². The number of hydrogen-bond donors (Lipinski definition) is 0. The number of thiocarbonyl (C=S) groups is 1. The molecule has 0 unspecified atom stereocenters. The van der Waals surface area contributed by atoms with Crippen molar-refractivity contribution in [1.29, 1.82) is 5.26 Å². The molecule has 0 saturated carbocycles. The second-order valence-electron chi connectivity index (χ2n) is 8.57. The molecule has 0 radical (unpaired) electrons. The van der Waals surface area contributed by atoms with E-state index in [2.05, 4.69) is 40.1 Å². The van der Waals surface area contributed by atoms with E-state index >= 15 is 0 Å². The number of pyridine rings is 1. The van der Waals surface area contributed by atoms with Gasteiger partial charge in [0.1, 0.15) is 21.8 Å². The van der Waals surface area contributed by atoms with Crippen molar-refractivity contribution in [3.05, 3.63) is 67.8 Å². The van der Waals surface area contributed by atoms with Gasteiger partial charge in [0.05, 0.1) is 4.91 Å². The zero-order valence-corrected chi connectivity index (χ0v) is 21.9. The number of nitrogens with zero attached hydrogens (tertiary/aromatic N) is 5. The molecule has 1 aromatic heterocycles. The SMILES string of the molecule is CCN1C(=O)C(=Cc2c(C)c(C#N)c(=O)n(CC)c2N2CCN(Cc3ccccc3)CC2)SC1=S.